The summed E-state index contributed by atoms with van der Waals surface area (Å²) in [5, 5.41) is 3.39. The topological polar surface area (TPSA) is 86.8 Å². The van der Waals surface area contributed by atoms with Crippen molar-refractivity contribution in [3.63, 3.8) is 0 Å². The van der Waals surface area contributed by atoms with Crippen molar-refractivity contribution in [2.75, 3.05) is 23.7 Å². The lowest BCUT2D eigenvalue weighted by Crippen LogP contribution is -2.53. The molecule has 0 saturated carbocycles. The van der Waals surface area contributed by atoms with E-state index < -0.39 is 34.3 Å². The van der Waals surface area contributed by atoms with Crippen molar-refractivity contribution in [2.45, 2.75) is 32.4 Å². The van der Waals surface area contributed by atoms with E-state index in [4.69, 9.17) is 11.6 Å². The van der Waals surface area contributed by atoms with Gasteiger partial charge in [-0.1, -0.05) is 67.1 Å². The first-order chi connectivity index (χ1) is 18.1. The van der Waals surface area contributed by atoms with Crippen LogP contribution in [0.5, 0.6) is 0 Å². The summed E-state index contributed by atoms with van der Waals surface area (Å²) in [6, 6.07) is 20.2. The van der Waals surface area contributed by atoms with Crippen molar-refractivity contribution in [2.24, 2.45) is 0 Å². The lowest BCUT2D eigenvalue weighted by Gasteiger charge is -2.33. The molecule has 1 unspecified atom stereocenters. The number of carbonyl (C=O) groups excluding carboxylic acids is 2. The molecule has 1 N–H and O–H groups in total. The summed E-state index contributed by atoms with van der Waals surface area (Å²) in [4.78, 5) is 28.6. The van der Waals surface area contributed by atoms with Crippen molar-refractivity contribution < 1.29 is 22.4 Å². The summed E-state index contributed by atoms with van der Waals surface area (Å²) in [5.74, 6) is -1.60. The zero-order valence-electron chi connectivity index (χ0n) is 21.3. The van der Waals surface area contributed by atoms with Gasteiger partial charge in [-0.15, -0.1) is 0 Å². The number of anilines is 1. The summed E-state index contributed by atoms with van der Waals surface area (Å²) in [6.45, 7) is 1.77. The number of hydrogen-bond acceptors (Lipinski definition) is 4. The molecule has 0 aromatic heterocycles. The summed E-state index contributed by atoms with van der Waals surface area (Å²) in [6.07, 6.45) is 1.87. The Balaban J connectivity index is 2.03. The van der Waals surface area contributed by atoms with Crippen LogP contribution in [0.2, 0.25) is 5.02 Å². The Morgan fingerprint density at radius 2 is 1.66 bits per heavy atom. The van der Waals surface area contributed by atoms with Gasteiger partial charge in [0.15, 0.2) is 0 Å². The average molecular weight is 560 g/mol. The molecular weight excluding hydrogens is 529 g/mol. The molecule has 1 atom stereocenters. The molecule has 0 spiro atoms. The third kappa shape index (κ3) is 8.29. The van der Waals surface area contributed by atoms with Crippen molar-refractivity contribution in [3.8, 4) is 0 Å². The molecule has 3 aromatic carbocycles. The van der Waals surface area contributed by atoms with Crippen LogP contribution in [0.25, 0.3) is 0 Å². The Kier molecular flexibility index (Phi) is 10.3. The number of sulfonamides is 1. The summed E-state index contributed by atoms with van der Waals surface area (Å²) >= 11 is 6.04. The van der Waals surface area contributed by atoms with E-state index in [9.17, 15) is 22.4 Å². The van der Waals surface area contributed by atoms with E-state index in [1.54, 1.807) is 24.3 Å². The Labute approximate surface area is 228 Å². The second-order valence-electron chi connectivity index (χ2n) is 8.89. The average Bonchev–Trinajstić information content (AvgIpc) is 2.88. The second kappa shape index (κ2) is 13.4. The number of hydrogen-bond donors (Lipinski definition) is 1. The van der Waals surface area contributed by atoms with Crippen molar-refractivity contribution in [3.05, 3.63) is 101 Å². The zero-order valence-corrected chi connectivity index (χ0v) is 22.9. The number of nitrogens with one attached hydrogen (secondary N) is 1. The van der Waals surface area contributed by atoms with Crippen molar-refractivity contribution >= 4 is 39.1 Å². The number of amides is 2. The van der Waals surface area contributed by atoms with E-state index in [0.717, 1.165) is 22.2 Å². The van der Waals surface area contributed by atoms with Gasteiger partial charge in [0.05, 0.1) is 11.9 Å². The van der Waals surface area contributed by atoms with Crippen molar-refractivity contribution in [1.29, 1.82) is 0 Å². The van der Waals surface area contributed by atoms with Crippen LogP contribution in [0, 0.1) is 5.82 Å². The maximum Gasteiger partial charge on any atom is 0.244 e. The largest absolute Gasteiger partial charge is 0.354 e. The molecule has 0 fully saturated rings. The standard InChI is InChI=1S/C28H31ClFN3O4S/c1-3-16-31-28(35)26(17-21-8-5-4-6-9-21)32(19-22-12-14-23(29)15-13-22)27(34)20-33(38(2,36)37)25-11-7-10-24(30)18-25/h4-15,18,26H,3,16-17,19-20H2,1-2H3,(H,31,35). The lowest BCUT2D eigenvalue weighted by atomic mass is 10.0. The molecule has 0 radical (unpaired) electrons. The summed E-state index contributed by atoms with van der Waals surface area (Å²) in [5.41, 5.74) is 1.56. The summed E-state index contributed by atoms with van der Waals surface area (Å²) in [7, 11) is -3.96. The predicted molar refractivity (Wildman–Crippen MR) is 148 cm³/mol. The van der Waals surface area contributed by atoms with Gasteiger partial charge in [0.2, 0.25) is 21.8 Å². The van der Waals surface area contributed by atoms with Crippen LogP contribution in [0.4, 0.5) is 10.1 Å². The predicted octanol–water partition coefficient (Wildman–Crippen LogP) is 4.41. The minimum Gasteiger partial charge on any atom is -0.354 e. The van der Waals surface area contributed by atoms with Crippen LogP contribution in [0.15, 0.2) is 78.9 Å². The smallest absolute Gasteiger partial charge is 0.244 e. The molecule has 0 aliphatic heterocycles. The van der Waals surface area contributed by atoms with E-state index in [-0.39, 0.29) is 24.6 Å². The normalized spacial score (nSPS) is 12.0. The molecular formula is C28H31ClFN3O4S. The number of rotatable bonds is 12. The Morgan fingerprint density at radius 1 is 0.974 bits per heavy atom. The van der Waals surface area contributed by atoms with Crippen LogP contribution in [-0.4, -0.2) is 50.5 Å². The van der Waals surface area contributed by atoms with E-state index in [0.29, 0.717) is 23.6 Å². The molecule has 0 heterocycles. The van der Waals surface area contributed by atoms with Gasteiger partial charge in [0, 0.05) is 24.5 Å². The van der Waals surface area contributed by atoms with Gasteiger partial charge < -0.3 is 10.2 Å². The van der Waals surface area contributed by atoms with E-state index >= 15 is 0 Å². The fourth-order valence-corrected chi connectivity index (χ4v) is 4.92. The van der Waals surface area contributed by atoms with Gasteiger partial charge in [0.25, 0.3) is 0 Å². The maximum absolute atomic E-state index is 13.9. The molecule has 3 aromatic rings. The van der Waals surface area contributed by atoms with E-state index in [1.165, 1.54) is 23.1 Å². The minimum atomic E-state index is -3.96. The van der Waals surface area contributed by atoms with Crippen LogP contribution in [0.1, 0.15) is 24.5 Å². The fraction of sp³-hybridized carbons (Fsp3) is 0.286. The lowest BCUT2D eigenvalue weighted by molar-refractivity contribution is -0.140. The Hall–Kier alpha value is -3.43. The second-order valence-corrected chi connectivity index (χ2v) is 11.2. The quantitative estimate of drug-likeness (QED) is 0.356. The van der Waals surface area contributed by atoms with E-state index in [1.807, 2.05) is 37.3 Å². The SMILES string of the molecule is CCCNC(=O)C(Cc1ccccc1)N(Cc1ccc(Cl)cc1)C(=O)CN(c1cccc(F)c1)S(C)(=O)=O. The summed E-state index contributed by atoms with van der Waals surface area (Å²) < 4.78 is 40.1. The molecule has 3 rings (SSSR count). The third-order valence-electron chi connectivity index (χ3n) is 5.86. The molecule has 0 aliphatic rings. The van der Waals surface area contributed by atoms with Gasteiger partial charge in [-0.25, -0.2) is 12.8 Å². The van der Waals surface area contributed by atoms with Crippen LogP contribution in [0.3, 0.4) is 0 Å². The van der Waals surface area contributed by atoms with Gasteiger partial charge in [-0.2, -0.15) is 0 Å². The molecule has 10 heteroatoms. The first-order valence-electron chi connectivity index (χ1n) is 12.2. The molecule has 0 aliphatic carbocycles. The van der Waals surface area contributed by atoms with Crippen LogP contribution in [-0.2, 0) is 32.6 Å². The third-order valence-corrected chi connectivity index (χ3v) is 7.25. The minimum absolute atomic E-state index is 0.0161. The first-order valence-corrected chi connectivity index (χ1v) is 14.4. The highest BCUT2D eigenvalue weighted by atomic mass is 35.5. The highest BCUT2D eigenvalue weighted by Crippen LogP contribution is 2.21. The van der Waals surface area contributed by atoms with Crippen LogP contribution >= 0.6 is 11.6 Å². The molecule has 202 valence electrons. The van der Waals surface area contributed by atoms with Gasteiger partial charge in [-0.3, -0.25) is 13.9 Å². The number of benzene rings is 3. The van der Waals surface area contributed by atoms with Crippen LogP contribution < -0.4 is 9.62 Å². The number of nitrogens with zero attached hydrogens (tertiary/aromatic N) is 2. The molecule has 0 saturated heterocycles. The molecule has 38 heavy (non-hydrogen) atoms. The Morgan fingerprint density at radius 3 is 2.26 bits per heavy atom. The van der Waals surface area contributed by atoms with E-state index in [2.05, 4.69) is 5.32 Å². The maximum atomic E-state index is 13.9. The fourth-order valence-electron chi connectivity index (χ4n) is 3.95. The van der Waals surface area contributed by atoms with Crippen molar-refractivity contribution in [1.82, 2.24) is 10.2 Å². The molecule has 7 nitrogen and oxygen atoms in total. The first kappa shape index (κ1) is 29.1. The molecule has 0 bridgehead atoms. The highest BCUT2D eigenvalue weighted by molar-refractivity contribution is 7.92. The van der Waals surface area contributed by atoms with Gasteiger partial charge in [-0.05, 0) is 47.9 Å². The highest BCUT2D eigenvalue weighted by Gasteiger charge is 2.33. The zero-order chi connectivity index (χ0) is 27.7. The monoisotopic (exact) mass is 559 g/mol. The number of carbonyl (C=O) groups is 2. The number of halogens is 2. The van der Waals surface area contributed by atoms with Gasteiger partial charge >= 0.3 is 0 Å². The Bertz CT molecular complexity index is 1340. The molecule has 2 amide bonds. The van der Waals surface area contributed by atoms with Gasteiger partial charge in [0.1, 0.15) is 18.4 Å².